The van der Waals surface area contributed by atoms with Crippen LogP contribution in [0.4, 0.5) is 34.1 Å². The summed E-state index contributed by atoms with van der Waals surface area (Å²) in [5.41, 5.74) is 25.6. The van der Waals surface area contributed by atoms with Crippen LogP contribution in [0.1, 0.15) is 74.9 Å². The first-order valence-corrected chi connectivity index (χ1v) is 34.3. The number of benzene rings is 15. The van der Waals surface area contributed by atoms with Gasteiger partial charge >= 0.3 is 0 Å². The second-order valence-corrected chi connectivity index (χ2v) is 28.4. The van der Waals surface area contributed by atoms with E-state index in [0.29, 0.717) is 0 Å². The zero-order valence-electron chi connectivity index (χ0n) is 56.1. The SMILES string of the molecule is CC(C)(C)c1ccc(N(c2cc(-c3ccccc3)cc(-c3ccccc3)c2)c2ccc3c4c(c5ccccc5c3c2)-c2c(cc(N(c3ccc(C(C)(C)C)cc3)c3cc(-c5ccccc5)cc(-c5ccccc5)c3)c3c2oc2ccccc23)C4(c2ccccc2)c2ccccc2)cc1. The van der Waals surface area contributed by atoms with Gasteiger partial charge in [0.1, 0.15) is 11.2 Å². The molecule has 0 spiro atoms. The molecule has 0 saturated heterocycles. The van der Waals surface area contributed by atoms with Crippen LogP contribution in [0.2, 0.25) is 0 Å². The van der Waals surface area contributed by atoms with Gasteiger partial charge in [0, 0.05) is 39.4 Å². The molecule has 3 nitrogen and oxygen atoms in total. The summed E-state index contributed by atoms with van der Waals surface area (Å²) in [4.78, 5) is 5.01. The summed E-state index contributed by atoms with van der Waals surface area (Å²) in [6.45, 7) is 13.8. The second kappa shape index (κ2) is 23.8. The molecule has 0 fully saturated rings. The van der Waals surface area contributed by atoms with Crippen LogP contribution in [0.5, 0.6) is 0 Å². The molecule has 3 heteroatoms. The molecule has 1 aromatic heterocycles. The van der Waals surface area contributed by atoms with Gasteiger partial charge in [0.15, 0.2) is 0 Å². The Hall–Kier alpha value is -11.8. The highest BCUT2D eigenvalue weighted by Gasteiger charge is 2.50. The molecule has 470 valence electrons. The van der Waals surface area contributed by atoms with Gasteiger partial charge in [-0.25, -0.2) is 0 Å². The van der Waals surface area contributed by atoms with Crippen molar-refractivity contribution in [2.24, 2.45) is 0 Å². The molecule has 0 atom stereocenters. The van der Waals surface area contributed by atoms with Gasteiger partial charge in [-0.15, -0.1) is 0 Å². The van der Waals surface area contributed by atoms with Crippen LogP contribution >= 0.6 is 0 Å². The average Bonchev–Trinajstić information content (AvgIpc) is 1.49. The van der Waals surface area contributed by atoms with E-state index in [-0.39, 0.29) is 10.8 Å². The van der Waals surface area contributed by atoms with E-state index >= 15 is 0 Å². The molecule has 0 bridgehead atoms. The first kappa shape index (κ1) is 59.9. The molecular weight excluding hydrogens is 1190 g/mol. The molecule has 1 aliphatic rings. The van der Waals surface area contributed by atoms with Crippen molar-refractivity contribution in [2.75, 3.05) is 9.80 Å². The molecular formula is C95H74N2O. The highest BCUT2D eigenvalue weighted by atomic mass is 16.3. The van der Waals surface area contributed by atoms with Crippen molar-refractivity contribution in [1.82, 2.24) is 0 Å². The Bertz CT molecular complexity index is 5500. The average molecular weight is 1260 g/mol. The Morgan fingerprint density at radius 3 is 1.12 bits per heavy atom. The van der Waals surface area contributed by atoms with Crippen molar-refractivity contribution in [2.45, 2.75) is 57.8 Å². The van der Waals surface area contributed by atoms with Crippen LogP contribution in [0.3, 0.4) is 0 Å². The van der Waals surface area contributed by atoms with Gasteiger partial charge in [-0.2, -0.15) is 0 Å². The number of hydrogen-bond acceptors (Lipinski definition) is 3. The number of fused-ring (bicyclic) bond motifs is 12. The number of hydrogen-bond donors (Lipinski definition) is 0. The second-order valence-electron chi connectivity index (χ2n) is 28.4. The standard InChI is InChI=1S/C95H74N2O/c1-93(2,3)71-45-49-75(50-46-71)96(78-57-67(63-29-13-7-14-30-63)55-68(58-78)64-31-15-8-16-32-64)77-53-54-82-84(61-77)80-41-25-26-42-81(80)89-90-85(95(91(82)89,73-37-21-11-22-38-73)74-39-23-12-24-40-74)62-86(88-83-43-27-28-44-87(83)98-92(88)90)97(76-51-47-72(48-52-76)94(4,5)6)79-59-69(65-33-17-9-18-34-65)56-70(60-79)66-35-19-10-20-36-66/h7-62H,1-6H3. The van der Waals surface area contributed by atoms with Gasteiger partial charge in [0.2, 0.25) is 0 Å². The van der Waals surface area contributed by atoms with Crippen LogP contribution in [-0.2, 0) is 16.2 Å². The maximum absolute atomic E-state index is 7.72. The zero-order chi connectivity index (χ0) is 66.3. The van der Waals surface area contributed by atoms with Gasteiger partial charge in [-0.05, 0) is 201 Å². The molecule has 0 N–H and O–H groups in total. The summed E-state index contributed by atoms with van der Waals surface area (Å²) in [5.74, 6) is 0. The lowest BCUT2D eigenvalue weighted by Crippen LogP contribution is -2.29. The van der Waals surface area contributed by atoms with Gasteiger partial charge in [-0.1, -0.05) is 296 Å². The van der Waals surface area contributed by atoms with E-state index in [1.807, 2.05) is 0 Å². The fraction of sp³-hybridized carbons (Fsp3) is 0.0947. The van der Waals surface area contributed by atoms with E-state index in [9.17, 15) is 0 Å². The molecule has 17 rings (SSSR count). The molecule has 98 heavy (non-hydrogen) atoms. The van der Waals surface area contributed by atoms with Gasteiger partial charge in [0.25, 0.3) is 0 Å². The zero-order valence-corrected chi connectivity index (χ0v) is 56.1. The summed E-state index contributed by atoms with van der Waals surface area (Å²) >= 11 is 0. The maximum atomic E-state index is 7.72. The smallest absolute Gasteiger partial charge is 0.145 e. The predicted octanol–water partition coefficient (Wildman–Crippen LogP) is 26.5. The third kappa shape index (κ3) is 10.2. The number of para-hydroxylation sites is 1. The fourth-order valence-electron chi connectivity index (χ4n) is 15.6. The lowest BCUT2D eigenvalue weighted by molar-refractivity contribution is 0.590. The molecule has 1 aliphatic carbocycles. The van der Waals surface area contributed by atoms with Crippen molar-refractivity contribution < 1.29 is 4.42 Å². The highest BCUT2D eigenvalue weighted by Crippen LogP contribution is 2.64. The normalized spacial score (nSPS) is 12.7. The molecule has 0 unspecified atom stereocenters. The number of anilines is 6. The first-order valence-electron chi connectivity index (χ1n) is 34.3. The van der Waals surface area contributed by atoms with Crippen molar-refractivity contribution in [3.8, 4) is 55.6 Å². The van der Waals surface area contributed by atoms with Crippen molar-refractivity contribution >= 4 is 77.6 Å². The van der Waals surface area contributed by atoms with Crippen LogP contribution in [0, 0.1) is 0 Å². The Balaban J connectivity index is 0.995. The lowest BCUT2D eigenvalue weighted by Gasteiger charge is -2.36. The number of rotatable bonds is 12. The van der Waals surface area contributed by atoms with Crippen LogP contribution in [0.15, 0.2) is 344 Å². The first-order chi connectivity index (χ1) is 47.9. The maximum Gasteiger partial charge on any atom is 0.145 e. The number of furan rings is 1. The van der Waals surface area contributed by atoms with E-state index < -0.39 is 5.41 Å². The van der Waals surface area contributed by atoms with Gasteiger partial charge in [-0.3, -0.25) is 0 Å². The number of nitrogens with zero attached hydrogens (tertiary/aromatic N) is 2. The van der Waals surface area contributed by atoms with Crippen molar-refractivity contribution in [3.63, 3.8) is 0 Å². The molecule has 15 aromatic carbocycles. The molecule has 0 radical (unpaired) electrons. The van der Waals surface area contributed by atoms with E-state index in [0.717, 1.165) is 128 Å². The van der Waals surface area contributed by atoms with Crippen LogP contribution < -0.4 is 9.80 Å². The van der Waals surface area contributed by atoms with E-state index in [2.05, 4.69) is 391 Å². The third-order valence-electron chi connectivity index (χ3n) is 20.3. The molecule has 0 aliphatic heterocycles. The summed E-state index contributed by atoms with van der Waals surface area (Å²) in [7, 11) is 0. The summed E-state index contributed by atoms with van der Waals surface area (Å²) in [6, 6.07) is 126. The molecule has 16 aromatic rings. The minimum atomic E-state index is -0.904. The summed E-state index contributed by atoms with van der Waals surface area (Å²) in [6.07, 6.45) is 0. The lowest BCUT2D eigenvalue weighted by atomic mass is 9.66. The summed E-state index contributed by atoms with van der Waals surface area (Å²) < 4.78 is 7.72. The van der Waals surface area contributed by atoms with E-state index in [4.69, 9.17) is 4.42 Å². The summed E-state index contributed by atoms with van der Waals surface area (Å²) in [5, 5.41) is 6.75. The highest BCUT2D eigenvalue weighted by molar-refractivity contribution is 6.26. The fourth-order valence-corrected chi connectivity index (χ4v) is 15.6. The topological polar surface area (TPSA) is 19.6 Å². The Morgan fingerprint density at radius 1 is 0.276 bits per heavy atom. The Kier molecular flexibility index (Phi) is 14.6. The monoisotopic (exact) mass is 1260 g/mol. The van der Waals surface area contributed by atoms with Crippen molar-refractivity contribution in [3.05, 3.63) is 373 Å². The van der Waals surface area contributed by atoms with Crippen molar-refractivity contribution in [1.29, 1.82) is 0 Å². The van der Waals surface area contributed by atoms with Gasteiger partial charge in [0.05, 0.1) is 16.5 Å². The Labute approximate surface area is 574 Å². The molecule has 0 saturated carbocycles. The van der Waals surface area contributed by atoms with Crippen LogP contribution in [-0.4, -0.2) is 0 Å². The minimum Gasteiger partial charge on any atom is -0.455 e. The predicted molar refractivity (Wildman–Crippen MR) is 415 cm³/mol. The van der Waals surface area contributed by atoms with E-state index in [1.54, 1.807) is 0 Å². The quantitative estimate of drug-likeness (QED) is 0.114. The largest absolute Gasteiger partial charge is 0.455 e. The minimum absolute atomic E-state index is 0.0368. The van der Waals surface area contributed by atoms with Gasteiger partial charge < -0.3 is 14.2 Å². The van der Waals surface area contributed by atoms with E-state index in [1.165, 1.54) is 38.8 Å². The molecule has 1 heterocycles. The molecule has 0 amide bonds. The third-order valence-corrected chi connectivity index (χ3v) is 20.3. The van der Waals surface area contributed by atoms with Crippen LogP contribution in [0.25, 0.3) is 99.1 Å². The Morgan fingerprint density at radius 2 is 0.663 bits per heavy atom.